The Morgan fingerprint density at radius 3 is 2.17 bits per heavy atom. The van der Waals surface area contributed by atoms with Crippen LogP contribution in [0.3, 0.4) is 0 Å². The third kappa shape index (κ3) is 4.74. The topological polar surface area (TPSA) is 105 Å². The van der Waals surface area contributed by atoms with Crippen LogP contribution in [0, 0.1) is 0 Å². The van der Waals surface area contributed by atoms with Crippen LogP contribution in [-0.2, 0) is 14.3 Å². The van der Waals surface area contributed by atoms with Crippen LogP contribution < -0.4 is 10.6 Å². The maximum absolute atomic E-state index is 12.0. The second-order valence-corrected chi connectivity index (χ2v) is 6.87. The first kappa shape index (κ1) is 20.4. The summed E-state index contributed by atoms with van der Waals surface area (Å²) in [5, 5.41) is 13.9. The molecule has 1 aliphatic carbocycles. The van der Waals surface area contributed by atoms with E-state index in [0.29, 0.717) is 6.42 Å². The van der Waals surface area contributed by atoms with Crippen molar-refractivity contribution in [3.05, 3.63) is 59.7 Å². The summed E-state index contributed by atoms with van der Waals surface area (Å²) in [6.07, 6.45) is -0.334. The highest BCUT2D eigenvalue weighted by Gasteiger charge is 2.29. The van der Waals surface area contributed by atoms with E-state index >= 15 is 0 Å². The molecule has 3 rings (SSSR count). The second-order valence-electron chi connectivity index (χ2n) is 6.87. The predicted octanol–water partition coefficient (Wildman–Crippen LogP) is 2.89. The van der Waals surface area contributed by atoms with E-state index in [4.69, 9.17) is 9.84 Å². The Morgan fingerprint density at radius 1 is 1.03 bits per heavy atom. The first-order valence-corrected chi connectivity index (χ1v) is 9.62. The van der Waals surface area contributed by atoms with E-state index < -0.39 is 24.0 Å². The molecule has 7 nitrogen and oxygen atoms in total. The zero-order chi connectivity index (χ0) is 20.8. The molecule has 7 heteroatoms. The molecule has 0 saturated heterocycles. The first-order valence-electron chi connectivity index (χ1n) is 9.62. The van der Waals surface area contributed by atoms with E-state index in [2.05, 4.69) is 22.8 Å². The highest BCUT2D eigenvalue weighted by Crippen LogP contribution is 2.44. The van der Waals surface area contributed by atoms with Crippen molar-refractivity contribution in [3.8, 4) is 11.1 Å². The lowest BCUT2D eigenvalue weighted by Crippen LogP contribution is -2.41. The molecule has 2 amide bonds. The summed E-state index contributed by atoms with van der Waals surface area (Å²) in [5.74, 6) is -1.54. The number of carbonyl (C=O) groups is 3. The van der Waals surface area contributed by atoms with E-state index in [-0.39, 0.29) is 25.5 Å². The van der Waals surface area contributed by atoms with Crippen LogP contribution in [0.2, 0.25) is 0 Å². The van der Waals surface area contributed by atoms with Gasteiger partial charge in [0.05, 0.1) is 0 Å². The summed E-state index contributed by atoms with van der Waals surface area (Å²) in [6.45, 7) is 1.94. The highest BCUT2D eigenvalue weighted by molar-refractivity contribution is 5.84. The van der Waals surface area contributed by atoms with Gasteiger partial charge in [-0.3, -0.25) is 4.79 Å². The number of rotatable bonds is 8. The molecule has 1 atom stereocenters. The largest absolute Gasteiger partial charge is 0.480 e. The molecule has 0 bridgehead atoms. The van der Waals surface area contributed by atoms with Gasteiger partial charge in [0.15, 0.2) is 0 Å². The molecule has 0 heterocycles. The Morgan fingerprint density at radius 2 is 1.62 bits per heavy atom. The number of benzene rings is 2. The smallest absolute Gasteiger partial charge is 0.407 e. The number of aliphatic carboxylic acids is 1. The number of carboxylic acids is 1. The second kappa shape index (κ2) is 9.23. The molecule has 2 aromatic carbocycles. The van der Waals surface area contributed by atoms with Crippen LogP contribution in [0.15, 0.2) is 48.5 Å². The first-order chi connectivity index (χ1) is 14.0. The number of hydrogen-bond donors (Lipinski definition) is 3. The lowest BCUT2D eigenvalue weighted by atomic mass is 9.98. The third-order valence-corrected chi connectivity index (χ3v) is 5.01. The Bertz CT molecular complexity index is 866. The van der Waals surface area contributed by atoms with Crippen molar-refractivity contribution in [2.45, 2.75) is 31.7 Å². The monoisotopic (exact) mass is 396 g/mol. The highest BCUT2D eigenvalue weighted by atomic mass is 16.5. The van der Waals surface area contributed by atoms with Crippen molar-refractivity contribution in [1.29, 1.82) is 0 Å². The summed E-state index contributed by atoms with van der Waals surface area (Å²) < 4.78 is 5.39. The molecule has 1 aliphatic rings. The van der Waals surface area contributed by atoms with Gasteiger partial charge in [-0.15, -0.1) is 0 Å². The van der Waals surface area contributed by atoms with Crippen LogP contribution in [0.25, 0.3) is 11.1 Å². The quantitative estimate of drug-likeness (QED) is 0.636. The lowest BCUT2D eigenvalue weighted by molar-refractivity contribution is -0.141. The van der Waals surface area contributed by atoms with Crippen LogP contribution in [0.1, 0.15) is 36.8 Å². The van der Waals surface area contributed by atoms with Gasteiger partial charge in [0.25, 0.3) is 0 Å². The maximum Gasteiger partial charge on any atom is 0.407 e. The Hall–Kier alpha value is -3.35. The minimum absolute atomic E-state index is 0.0199. The van der Waals surface area contributed by atoms with Crippen molar-refractivity contribution in [3.63, 3.8) is 0 Å². The summed E-state index contributed by atoms with van der Waals surface area (Å²) in [5.41, 5.74) is 4.55. The number of alkyl carbamates (subject to hydrolysis) is 1. The summed E-state index contributed by atoms with van der Waals surface area (Å²) in [7, 11) is 0. The molecule has 0 radical (unpaired) electrons. The average molecular weight is 396 g/mol. The van der Waals surface area contributed by atoms with E-state index in [1.165, 1.54) is 0 Å². The number of carboxylic acid groups (broad SMARTS) is 1. The number of carbonyl (C=O) groups excluding carboxylic acids is 2. The fourth-order valence-corrected chi connectivity index (χ4v) is 3.53. The van der Waals surface area contributed by atoms with E-state index in [1.54, 1.807) is 6.92 Å². The van der Waals surface area contributed by atoms with Gasteiger partial charge in [-0.05, 0) is 28.7 Å². The Kier molecular flexibility index (Phi) is 6.49. The number of fused-ring (bicyclic) bond motifs is 3. The van der Waals surface area contributed by atoms with Crippen molar-refractivity contribution in [2.75, 3.05) is 13.2 Å². The molecule has 0 aliphatic heterocycles. The van der Waals surface area contributed by atoms with Crippen molar-refractivity contribution in [1.82, 2.24) is 10.6 Å². The van der Waals surface area contributed by atoms with Gasteiger partial charge in [-0.1, -0.05) is 55.5 Å². The molecule has 0 unspecified atom stereocenters. The minimum atomic E-state index is -1.08. The molecular formula is C22H24N2O5. The number of hydrogen-bond acceptors (Lipinski definition) is 4. The molecule has 3 N–H and O–H groups in total. The normalized spacial score (nSPS) is 13.1. The number of amides is 2. The molecule has 0 fully saturated rings. The van der Waals surface area contributed by atoms with Crippen molar-refractivity contribution in [2.24, 2.45) is 0 Å². The van der Waals surface area contributed by atoms with Crippen molar-refractivity contribution >= 4 is 18.0 Å². The SMILES string of the molecule is CC[C@@H](NC(=O)CCNC(=O)OCC1c2ccccc2-c2ccccc21)C(=O)O. The molecule has 0 aromatic heterocycles. The van der Waals surface area contributed by atoms with Crippen molar-refractivity contribution < 1.29 is 24.2 Å². The van der Waals surface area contributed by atoms with Gasteiger partial charge < -0.3 is 20.5 Å². The zero-order valence-electron chi connectivity index (χ0n) is 16.2. The van der Waals surface area contributed by atoms with Gasteiger partial charge in [-0.2, -0.15) is 0 Å². The summed E-state index contributed by atoms with van der Waals surface area (Å²) in [4.78, 5) is 34.7. The van der Waals surface area contributed by atoms with E-state index in [1.807, 2.05) is 36.4 Å². The summed E-state index contributed by atoms with van der Waals surface area (Å²) >= 11 is 0. The van der Waals surface area contributed by atoms with Gasteiger partial charge in [0, 0.05) is 18.9 Å². The summed E-state index contributed by atoms with van der Waals surface area (Å²) in [6, 6.07) is 15.2. The molecule has 2 aromatic rings. The molecule has 0 saturated carbocycles. The van der Waals surface area contributed by atoms with Gasteiger partial charge in [0.2, 0.25) is 5.91 Å². The Balaban J connectivity index is 1.49. The maximum atomic E-state index is 12.0. The van der Waals surface area contributed by atoms with Gasteiger partial charge >= 0.3 is 12.1 Å². The molecule has 29 heavy (non-hydrogen) atoms. The van der Waals surface area contributed by atoms with Crippen LogP contribution in [0.5, 0.6) is 0 Å². The van der Waals surface area contributed by atoms with E-state index in [0.717, 1.165) is 22.3 Å². The standard InChI is InChI=1S/C22H24N2O5/c1-2-19(21(26)27)24-20(25)11-12-23-22(28)29-13-18-16-9-5-3-7-14(16)15-8-4-6-10-17(15)18/h3-10,18-19H,2,11-13H2,1H3,(H,23,28)(H,24,25)(H,26,27)/t19-/m1/s1. The van der Waals surface area contributed by atoms with Gasteiger partial charge in [-0.25, -0.2) is 9.59 Å². The molecule has 152 valence electrons. The van der Waals surface area contributed by atoms with Crippen LogP contribution >= 0.6 is 0 Å². The lowest BCUT2D eigenvalue weighted by Gasteiger charge is -2.15. The third-order valence-electron chi connectivity index (χ3n) is 5.01. The predicted molar refractivity (Wildman–Crippen MR) is 108 cm³/mol. The molecular weight excluding hydrogens is 372 g/mol. The fourth-order valence-electron chi connectivity index (χ4n) is 3.53. The molecule has 0 spiro atoms. The fraction of sp³-hybridized carbons (Fsp3) is 0.318. The van der Waals surface area contributed by atoms with E-state index in [9.17, 15) is 14.4 Å². The van der Waals surface area contributed by atoms with Crippen LogP contribution in [-0.4, -0.2) is 42.3 Å². The number of nitrogens with one attached hydrogen (secondary N) is 2. The Labute approximate surface area is 169 Å². The minimum Gasteiger partial charge on any atom is -0.480 e. The van der Waals surface area contributed by atoms with Gasteiger partial charge in [0.1, 0.15) is 12.6 Å². The number of ether oxygens (including phenoxy) is 1. The zero-order valence-corrected chi connectivity index (χ0v) is 16.2. The average Bonchev–Trinajstić information content (AvgIpc) is 3.04. The van der Waals surface area contributed by atoms with Crippen LogP contribution in [0.4, 0.5) is 4.79 Å².